The third-order valence-electron chi connectivity index (χ3n) is 5.33. The smallest absolute Gasteiger partial charge is 0.253 e. The minimum absolute atomic E-state index is 0.0404. The average molecular weight is 459 g/mol. The molecule has 0 saturated carbocycles. The molecule has 1 amide bonds. The number of carbonyl (C=O) groups is 1. The zero-order chi connectivity index (χ0) is 24.4. The van der Waals surface area contributed by atoms with E-state index in [2.05, 4.69) is 30.7 Å². The van der Waals surface area contributed by atoms with Gasteiger partial charge in [0.2, 0.25) is 0 Å². The molecule has 11 heteroatoms. The monoisotopic (exact) mass is 459 g/mol. The molecule has 172 valence electrons. The Kier molecular flexibility index (Phi) is 6.05. The van der Waals surface area contributed by atoms with Crippen molar-refractivity contribution in [2.45, 2.75) is 26.4 Å². The summed E-state index contributed by atoms with van der Waals surface area (Å²) in [7, 11) is 1.80. The lowest BCUT2D eigenvalue weighted by atomic mass is 10.0. The van der Waals surface area contributed by atoms with Crippen LogP contribution in [0.15, 0.2) is 36.7 Å². The van der Waals surface area contributed by atoms with Gasteiger partial charge in [0, 0.05) is 12.4 Å². The first-order valence-corrected chi connectivity index (χ1v) is 10.4. The number of aryl methyl sites for hydroxylation is 2. The predicted molar refractivity (Wildman–Crippen MR) is 124 cm³/mol. The van der Waals surface area contributed by atoms with Crippen molar-refractivity contribution in [2.75, 3.05) is 11.1 Å². The third kappa shape index (κ3) is 4.47. The molecule has 34 heavy (non-hydrogen) atoms. The number of carbonyl (C=O) groups excluding carboxylic acids is 1. The molecule has 4 N–H and O–H groups in total. The fourth-order valence-electron chi connectivity index (χ4n) is 3.66. The lowest BCUT2D eigenvalue weighted by Crippen LogP contribution is -2.27. The first kappa shape index (κ1) is 22.6. The number of benzene rings is 1. The highest BCUT2D eigenvalue weighted by Gasteiger charge is 2.21. The summed E-state index contributed by atoms with van der Waals surface area (Å²) >= 11 is 0. The number of amides is 1. The van der Waals surface area contributed by atoms with Crippen LogP contribution >= 0.6 is 0 Å². The standard InChI is InChI=1S/C23H22FN9O/c1-12-6-16(33(3)32-12)10-27-23(34)17-8-14-7-15(24)4-5-19(14)31-20(17)13(2)30-22-18(9-25)21(26)28-11-29-22/h4-8,11,13H,10H2,1-3H3,(H,27,34)(H3,26,28,29,30). The molecule has 0 saturated heterocycles. The van der Waals surface area contributed by atoms with Crippen molar-refractivity contribution in [1.29, 1.82) is 5.26 Å². The molecule has 0 aliphatic heterocycles. The quantitative estimate of drug-likeness (QED) is 0.399. The maximum absolute atomic E-state index is 13.8. The van der Waals surface area contributed by atoms with Crippen LogP contribution < -0.4 is 16.4 Å². The first-order chi connectivity index (χ1) is 16.3. The predicted octanol–water partition coefficient (Wildman–Crippen LogP) is 2.76. The minimum atomic E-state index is -0.546. The van der Waals surface area contributed by atoms with Crippen molar-refractivity contribution in [3.8, 4) is 6.07 Å². The number of fused-ring (bicyclic) bond motifs is 1. The van der Waals surface area contributed by atoms with Gasteiger partial charge in [-0.15, -0.1) is 0 Å². The molecule has 1 unspecified atom stereocenters. The molecular weight excluding hydrogens is 437 g/mol. The van der Waals surface area contributed by atoms with E-state index >= 15 is 0 Å². The van der Waals surface area contributed by atoms with Crippen molar-refractivity contribution < 1.29 is 9.18 Å². The summed E-state index contributed by atoms with van der Waals surface area (Å²) in [6.45, 7) is 3.89. The van der Waals surface area contributed by atoms with Crippen LogP contribution in [0.1, 0.15) is 46.0 Å². The summed E-state index contributed by atoms with van der Waals surface area (Å²) < 4.78 is 15.5. The second-order valence-electron chi connectivity index (χ2n) is 7.80. The van der Waals surface area contributed by atoms with E-state index < -0.39 is 11.9 Å². The maximum Gasteiger partial charge on any atom is 0.253 e. The second kappa shape index (κ2) is 9.11. The number of nitrogen functional groups attached to an aromatic ring is 1. The van der Waals surface area contributed by atoms with Gasteiger partial charge in [-0.05, 0) is 44.2 Å². The van der Waals surface area contributed by atoms with Crippen LogP contribution in [0.4, 0.5) is 16.0 Å². The fraction of sp³-hybridized carbons (Fsp3) is 0.217. The molecule has 0 fully saturated rings. The van der Waals surface area contributed by atoms with Crippen molar-refractivity contribution in [3.63, 3.8) is 0 Å². The van der Waals surface area contributed by atoms with Crippen molar-refractivity contribution >= 4 is 28.4 Å². The third-order valence-corrected chi connectivity index (χ3v) is 5.33. The summed E-state index contributed by atoms with van der Waals surface area (Å²) in [6.07, 6.45) is 1.24. The van der Waals surface area contributed by atoms with Crippen LogP contribution in [0.3, 0.4) is 0 Å². The van der Waals surface area contributed by atoms with Gasteiger partial charge in [0.25, 0.3) is 5.91 Å². The lowest BCUT2D eigenvalue weighted by Gasteiger charge is -2.19. The summed E-state index contributed by atoms with van der Waals surface area (Å²) in [5, 5.41) is 20.2. The number of aromatic nitrogens is 5. The van der Waals surface area contributed by atoms with E-state index in [9.17, 15) is 14.4 Å². The number of hydrogen-bond acceptors (Lipinski definition) is 8. The molecule has 3 aromatic heterocycles. The summed E-state index contributed by atoms with van der Waals surface area (Å²) in [6, 6.07) is 9.08. The molecule has 4 aromatic rings. The summed E-state index contributed by atoms with van der Waals surface area (Å²) in [5.74, 6) is -0.553. The van der Waals surface area contributed by atoms with E-state index in [0.29, 0.717) is 16.6 Å². The van der Waals surface area contributed by atoms with Gasteiger partial charge >= 0.3 is 0 Å². The Morgan fingerprint density at radius 2 is 2.09 bits per heavy atom. The zero-order valence-electron chi connectivity index (χ0n) is 18.8. The Hall–Kier alpha value is -4.59. The SMILES string of the molecule is Cc1cc(CNC(=O)c2cc3cc(F)ccc3nc2C(C)Nc2ncnc(N)c2C#N)n(C)n1. The maximum atomic E-state index is 13.8. The van der Waals surface area contributed by atoms with E-state index in [1.807, 2.05) is 19.1 Å². The van der Waals surface area contributed by atoms with Gasteiger partial charge in [0.1, 0.15) is 35.4 Å². The number of halogens is 1. The highest BCUT2D eigenvalue weighted by molar-refractivity contribution is 5.99. The topological polar surface area (TPSA) is 147 Å². The largest absolute Gasteiger partial charge is 0.382 e. The summed E-state index contributed by atoms with van der Waals surface area (Å²) in [5.41, 5.74) is 8.73. The lowest BCUT2D eigenvalue weighted by molar-refractivity contribution is 0.0948. The molecule has 3 heterocycles. The van der Waals surface area contributed by atoms with E-state index in [0.717, 1.165) is 11.4 Å². The second-order valence-corrected chi connectivity index (χ2v) is 7.80. The molecule has 1 atom stereocenters. The molecule has 0 aliphatic rings. The number of nitrogens with two attached hydrogens (primary N) is 1. The van der Waals surface area contributed by atoms with E-state index in [4.69, 9.17) is 5.73 Å². The Labute approximate surface area is 194 Å². The van der Waals surface area contributed by atoms with Gasteiger partial charge < -0.3 is 16.4 Å². The van der Waals surface area contributed by atoms with Crippen LogP contribution in [-0.4, -0.2) is 30.6 Å². The van der Waals surface area contributed by atoms with Crippen molar-refractivity contribution in [3.05, 3.63) is 70.7 Å². The van der Waals surface area contributed by atoms with Gasteiger partial charge in [-0.3, -0.25) is 9.48 Å². The molecule has 4 rings (SSSR count). The van der Waals surface area contributed by atoms with Gasteiger partial charge in [0.05, 0.1) is 40.7 Å². The van der Waals surface area contributed by atoms with Crippen LogP contribution in [0.5, 0.6) is 0 Å². The highest BCUT2D eigenvalue weighted by Crippen LogP contribution is 2.26. The van der Waals surface area contributed by atoms with Gasteiger partial charge in [0.15, 0.2) is 0 Å². The van der Waals surface area contributed by atoms with Crippen molar-refractivity contribution in [1.82, 2.24) is 30.0 Å². The minimum Gasteiger partial charge on any atom is -0.382 e. The molecule has 10 nitrogen and oxygen atoms in total. The zero-order valence-corrected chi connectivity index (χ0v) is 18.8. The molecular formula is C23H22FN9O. The number of rotatable bonds is 6. The Morgan fingerprint density at radius 3 is 2.79 bits per heavy atom. The van der Waals surface area contributed by atoms with Crippen LogP contribution in [-0.2, 0) is 13.6 Å². The highest BCUT2D eigenvalue weighted by atomic mass is 19.1. The first-order valence-electron chi connectivity index (χ1n) is 10.4. The van der Waals surface area contributed by atoms with Gasteiger partial charge in [-0.25, -0.2) is 19.3 Å². The van der Waals surface area contributed by atoms with Gasteiger partial charge in [-0.1, -0.05) is 0 Å². The van der Waals surface area contributed by atoms with Crippen LogP contribution in [0.2, 0.25) is 0 Å². The van der Waals surface area contributed by atoms with Crippen LogP contribution in [0, 0.1) is 24.1 Å². The summed E-state index contributed by atoms with van der Waals surface area (Å²) in [4.78, 5) is 25.8. The van der Waals surface area contributed by atoms with Crippen molar-refractivity contribution in [2.24, 2.45) is 7.05 Å². The number of nitriles is 1. The molecule has 0 radical (unpaired) electrons. The molecule has 0 spiro atoms. The van der Waals surface area contributed by atoms with E-state index in [1.54, 1.807) is 30.8 Å². The molecule has 0 bridgehead atoms. The number of nitrogens with one attached hydrogen (secondary N) is 2. The Bertz CT molecular complexity index is 1440. The normalized spacial score (nSPS) is 11.7. The Morgan fingerprint density at radius 1 is 1.29 bits per heavy atom. The number of hydrogen-bond donors (Lipinski definition) is 3. The number of anilines is 2. The molecule has 1 aromatic carbocycles. The average Bonchev–Trinajstić information content (AvgIpc) is 3.13. The van der Waals surface area contributed by atoms with E-state index in [-0.39, 0.29) is 35.2 Å². The van der Waals surface area contributed by atoms with E-state index in [1.165, 1.54) is 18.5 Å². The van der Waals surface area contributed by atoms with Crippen LogP contribution in [0.25, 0.3) is 10.9 Å². The molecule has 0 aliphatic carbocycles. The Balaban J connectivity index is 1.71. The number of pyridine rings is 1. The number of nitrogens with zero attached hydrogens (tertiary/aromatic N) is 6. The van der Waals surface area contributed by atoms with Gasteiger partial charge in [-0.2, -0.15) is 10.4 Å². The fourth-order valence-corrected chi connectivity index (χ4v) is 3.66.